The van der Waals surface area contributed by atoms with Gasteiger partial charge in [0.05, 0.1) is 4.90 Å². The fraction of sp³-hybridized carbons (Fsp3) is 0.250. The summed E-state index contributed by atoms with van der Waals surface area (Å²) in [5.74, 6) is -0.426. The minimum Gasteiger partial charge on any atom is -0.328 e. The van der Waals surface area contributed by atoms with Crippen molar-refractivity contribution < 1.29 is 13.2 Å². The number of aromatic nitrogens is 1. The standard InChI is InChI=1S/C24H27N3O3S/c1-18(2)26(4)31(29,30)22-14-12-21(13-15-22)24(28)25-23-7-5-6-16-27(23)17-20-10-8-19(3)9-11-20/h5-16,18H,17H2,1-4H3. The SMILES string of the molecule is Cc1ccc(Cn2ccccc2=NC(=O)c2ccc(S(=O)(=O)N(C)C(C)C)cc2)cc1. The number of rotatable bonds is 6. The molecule has 3 aromatic rings. The van der Waals surface area contributed by atoms with Gasteiger partial charge in [-0.3, -0.25) is 4.79 Å². The van der Waals surface area contributed by atoms with Crippen molar-refractivity contribution in [1.29, 1.82) is 0 Å². The molecule has 3 rings (SSSR count). The van der Waals surface area contributed by atoms with E-state index in [4.69, 9.17) is 0 Å². The molecule has 0 atom stereocenters. The van der Waals surface area contributed by atoms with Gasteiger partial charge in [-0.1, -0.05) is 35.9 Å². The third kappa shape index (κ3) is 5.37. The first-order valence-corrected chi connectivity index (χ1v) is 11.5. The van der Waals surface area contributed by atoms with Crippen molar-refractivity contribution in [2.24, 2.45) is 4.99 Å². The first-order valence-electron chi connectivity index (χ1n) is 10.1. The Balaban J connectivity index is 1.87. The van der Waals surface area contributed by atoms with Crippen molar-refractivity contribution in [3.05, 3.63) is 95.1 Å². The van der Waals surface area contributed by atoms with Crippen LogP contribution in [0.4, 0.5) is 0 Å². The maximum Gasteiger partial charge on any atom is 0.278 e. The van der Waals surface area contributed by atoms with Crippen molar-refractivity contribution >= 4 is 15.9 Å². The van der Waals surface area contributed by atoms with E-state index in [-0.39, 0.29) is 10.9 Å². The van der Waals surface area contributed by atoms with E-state index in [0.29, 0.717) is 17.6 Å². The van der Waals surface area contributed by atoms with Gasteiger partial charge < -0.3 is 4.57 Å². The van der Waals surface area contributed by atoms with E-state index >= 15 is 0 Å². The lowest BCUT2D eigenvalue weighted by atomic mass is 10.1. The van der Waals surface area contributed by atoms with Gasteiger partial charge in [0.15, 0.2) is 0 Å². The Morgan fingerprint density at radius 1 is 1.00 bits per heavy atom. The molecule has 2 aromatic carbocycles. The molecule has 31 heavy (non-hydrogen) atoms. The molecular formula is C24H27N3O3S. The van der Waals surface area contributed by atoms with E-state index in [9.17, 15) is 13.2 Å². The molecule has 162 valence electrons. The van der Waals surface area contributed by atoms with Crippen molar-refractivity contribution in [1.82, 2.24) is 8.87 Å². The second-order valence-electron chi connectivity index (χ2n) is 7.73. The van der Waals surface area contributed by atoms with Crippen LogP contribution in [-0.2, 0) is 16.6 Å². The zero-order chi connectivity index (χ0) is 22.6. The van der Waals surface area contributed by atoms with Crippen LogP contribution in [-0.4, -0.2) is 36.3 Å². The zero-order valence-corrected chi connectivity index (χ0v) is 19.0. The van der Waals surface area contributed by atoms with E-state index in [2.05, 4.69) is 4.99 Å². The number of carbonyl (C=O) groups is 1. The number of amides is 1. The Kier molecular flexibility index (Phi) is 6.87. The molecule has 1 aromatic heterocycles. The van der Waals surface area contributed by atoms with Gasteiger partial charge in [-0.25, -0.2) is 8.42 Å². The summed E-state index contributed by atoms with van der Waals surface area (Å²) in [6.45, 7) is 6.24. The monoisotopic (exact) mass is 437 g/mol. The van der Waals surface area contributed by atoms with Crippen LogP contribution in [0.25, 0.3) is 0 Å². The maximum absolute atomic E-state index is 12.7. The van der Waals surface area contributed by atoms with Gasteiger partial charge in [0.25, 0.3) is 5.91 Å². The molecule has 0 aliphatic carbocycles. The van der Waals surface area contributed by atoms with Gasteiger partial charge in [-0.2, -0.15) is 9.30 Å². The molecule has 6 nitrogen and oxygen atoms in total. The van der Waals surface area contributed by atoms with Crippen LogP contribution in [0, 0.1) is 6.92 Å². The number of nitrogens with zero attached hydrogens (tertiary/aromatic N) is 3. The summed E-state index contributed by atoms with van der Waals surface area (Å²) < 4.78 is 28.4. The Bertz CT molecular complexity index is 1230. The molecule has 0 saturated heterocycles. The smallest absolute Gasteiger partial charge is 0.278 e. The van der Waals surface area contributed by atoms with Gasteiger partial charge in [-0.15, -0.1) is 0 Å². The molecule has 7 heteroatoms. The number of sulfonamides is 1. The number of aryl methyl sites for hydroxylation is 1. The van der Waals surface area contributed by atoms with Crippen molar-refractivity contribution in [3.8, 4) is 0 Å². The summed E-state index contributed by atoms with van der Waals surface area (Å²) in [7, 11) is -2.06. The number of pyridine rings is 1. The van der Waals surface area contributed by atoms with Gasteiger partial charge >= 0.3 is 0 Å². The second kappa shape index (κ2) is 9.41. The third-order valence-electron chi connectivity index (χ3n) is 5.11. The second-order valence-corrected chi connectivity index (χ2v) is 9.73. The molecule has 0 spiro atoms. The molecule has 0 unspecified atom stereocenters. The van der Waals surface area contributed by atoms with Crippen LogP contribution in [0.15, 0.2) is 82.8 Å². The summed E-state index contributed by atoms with van der Waals surface area (Å²) in [6.07, 6.45) is 1.88. The highest BCUT2D eigenvalue weighted by Crippen LogP contribution is 2.17. The van der Waals surface area contributed by atoms with Crippen LogP contribution in [0.1, 0.15) is 35.3 Å². The van der Waals surface area contributed by atoms with E-state index in [1.54, 1.807) is 19.9 Å². The fourth-order valence-corrected chi connectivity index (χ4v) is 4.34. The average molecular weight is 438 g/mol. The molecule has 0 aliphatic heterocycles. The van der Waals surface area contributed by atoms with Crippen LogP contribution in [0.2, 0.25) is 0 Å². The molecule has 1 amide bonds. The lowest BCUT2D eigenvalue weighted by Crippen LogP contribution is -2.33. The van der Waals surface area contributed by atoms with E-state index in [0.717, 1.165) is 5.56 Å². The molecule has 0 bridgehead atoms. The number of benzene rings is 2. The van der Waals surface area contributed by atoms with E-state index in [1.807, 2.05) is 54.1 Å². The van der Waals surface area contributed by atoms with Gasteiger partial charge in [0.2, 0.25) is 10.0 Å². The summed E-state index contributed by atoms with van der Waals surface area (Å²) in [6, 6.07) is 19.4. The number of hydrogen-bond donors (Lipinski definition) is 0. The molecule has 1 heterocycles. The summed E-state index contributed by atoms with van der Waals surface area (Å²) >= 11 is 0. The lowest BCUT2D eigenvalue weighted by Gasteiger charge is -2.20. The molecule has 0 fully saturated rings. The van der Waals surface area contributed by atoms with Crippen LogP contribution >= 0.6 is 0 Å². The molecule has 0 aliphatic rings. The lowest BCUT2D eigenvalue weighted by molar-refractivity contribution is 0.0997. The van der Waals surface area contributed by atoms with Crippen LogP contribution in [0.5, 0.6) is 0 Å². The van der Waals surface area contributed by atoms with Crippen molar-refractivity contribution in [2.75, 3.05) is 7.05 Å². The molecule has 0 N–H and O–H groups in total. The first kappa shape index (κ1) is 22.7. The minimum absolute atomic E-state index is 0.148. The average Bonchev–Trinajstić information content (AvgIpc) is 2.76. The predicted molar refractivity (Wildman–Crippen MR) is 121 cm³/mol. The molecule has 0 saturated carbocycles. The van der Waals surface area contributed by atoms with E-state index < -0.39 is 15.9 Å². The Labute approximate surface area is 183 Å². The highest BCUT2D eigenvalue weighted by molar-refractivity contribution is 7.89. The zero-order valence-electron chi connectivity index (χ0n) is 18.2. The quantitative estimate of drug-likeness (QED) is 0.591. The molecular weight excluding hydrogens is 410 g/mol. The normalized spacial score (nSPS) is 12.5. The van der Waals surface area contributed by atoms with Crippen molar-refractivity contribution in [2.45, 2.75) is 38.3 Å². The first-order chi connectivity index (χ1) is 14.7. The summed E-state index contributed by atoms with van der Waals surface area (Å²) in [5.41, 5.74) is 3.16. The number of carbonyl (C=O) groups excluding carboxylic acids is 1. The highest BCUT2D eigenvalue weighted by Gasteiger charge is 2.23. The summed E-state index contributed by atoms with van der Waals surface area (Å²) in [4.78, 5) is 17.1. The molecule has 0 radical (unpaired) electrons. The maximum atomic E-state index is 12.7. The Morgan fingerprint density at radius 3 is 2.26 bits per heavy atom. The highest BCUT2D eigenvalue weighted by atomic mass is 32.2. The van der Waals surface area contributed by atoms with Gasteiger partial charge in [0.1, 0.15) is 5.49 Å². The number of hydrogen-bond acceptors (Lipinski definition) is 3. The van der Waals surface area contributed by atoms with E-state index in [1.165, 1.54) is 41.2 Å². The minimum atomic E-state index is -3.60. The fourth-order valence-electron chi connectivity index (χ4n) is 2.97. The Morgan fingerprint density at radius 2 is 1.65 bits per heavy atom. The van der Waals surface area contributed by atoms with Crippen LogP contribution < -0.4 is 5.49 Å². The van der Waals surface area contributed by atoms with Crippen molar-refractivity contribution in [3.63, 3.8) is 0 Å². The van der Waals surface area contributed by atoms with Crippen LogP contribution in [0.3, 0.4) is 0 Å². The van der Waals surface area contributed by atoms with Gasteiger partial charge in [0, 0.05) is 31.4 Å². The van der Waals surface area contributed by atoms with Gasteiger partial charge in [-0.05, 0) is 62.7 Å². The third-order valence-corrected chi connectivity index (χ3v) is 7.16. The predicted octanol–water partition coefficient (Wildman–Crippen LogP) is 3.61. The summed E-state index contributed by atoms with van der Waals surface area (Å²) in [5, 5.41) is 0. The Hall–Kier alpha value is -3.03. The largest absolute Gasteiger partial charge is 0.328 e. The topological polar surface area (TPSA) is 71.7 Å².